The highest BCUT2D eigenvalue weighted by molar-refractivity contribution is 6.34. The van der Waals surface area contributed by atoms with Gasteiger partial charge in [-0.05, 0) is 13.0 Å². The van der Waals surface area contributed by atoms with Crippen LogP contribution in [0.5, 0.6) is 0 Å². The van der Waals surface area contributed by atoms with E-state index in [1.54, 1.807) is 13.0 Å². The molecule has 0 bridgehead atoms. The summed E-state index contributed by atoms with van der Waals surface area (Å²) in [6, 6.07) is 6.27. The molecule has 1 amide bonds. The Morgan fingerprint density at radius 2 is 2.09 bits per heavy atom. The number of rotatable bonds is 9. The van der Waals surface area contributed by atoms with Gasteiger partial charge in [-0.3, -0.25) is 9.59 Å². The van der Waals surface area contributed by atoms with Gasteiger partial charge in [0.1, 0.15) is 35.6 Å². The van der Waals surface area contributed by atoms with Gasteiger partial charge in [0.25, 0.3) is 0 Å². The van der Waals surface area contributed by atoms with Gasteiger partial charge >= 0.3 is 5.97 Å². The zero-order valence-electron chi connectivity index (χ0n) is 17.4. The number of aromatic nitrogens is 3. The van der Waals surface area contributed by atoms with Crippen LogP contribution < -0.4 is 10.6 Å². The van der Waals surface area contributed by atoms with Crippen molar-refractivity contribution in [3.8, 4) is 6.07 Å². The van der Waals surface area contributed by atoms with Crippen molar-refractivity contribution in [3.63, 3.8) is 0 Å². The molecule has 1 unspecified atom stereocenters. The molecule has 0 aliphatic rings. The van der Waals surface area contributed by atoms with Gasteiger partial charge in [-0.25, -0.2) is 14.4 Å². The third kappa shape index (κ3) is 5.57. The Labute approximate surface area is 198 Å². The molecule has 172 valence electrons. The number of carboxylic acids is 1. The highest BCUT2D eigenvalue weighted by atomic mass is 35.5. The number of nitrogens with zero attached hydrogens (tertiary/aromatic N) is 4. The van der Waals surface area contributed by atoms with Gasteiger partial charge < -0.3 is 20.3 Å². The number of carbonyl (C=O) groups excluding carboxylic acids is 1. The number of amides is 1. The normalized spacial score (nSPS) is 11.8. The minimum atomic E-state index is -1.11. The van der Waals surface area contributed by atoms with E-state index in [0.29, 0.717) is 5.69 Å². The lowest BCUT2D eigenvalue weighted by Gasteiger charge is -2.16. The molecule has 3 rings (SSSR count). The summed E-state index contributed by atoms with van der Waals surface area (Å²) in [4.78, 5) is 31.6. The van der Waals surface area contributed by atoms with E-state index in [-0.39, 0.29) is 63.8 Å². The van der Waals surface area contributed by atoms with Crippen LogP contribution in [0.3, 0.4) is 0 Å². The molecule has 1 aromatic carbocycles. The van der Waals surface area contributed by atoms with Crippen LogP contribution in [-0.2, 0) is 29.1 Å². The number of hydrogen-bond acceptors (Lipinski definition) is 6. The standard InChI is InChI=1S/C21H19Cl2FN6O3/c1-11(26-8-16(31)27-7-12-3-2-4-14(22)19(12)24)5-15-13(6-25)18-20(23)28-10-29-21(18)30(15)9-17(32)33/h2-4,10-11,26H,5,7-9H2,1H3,(H,27,31)(H,32,33). The van der Waals surface area contributed by atoms with E-state index in [2.05, 4.69) is 26.7 Å². The number of benzene rings is 1. The van der Waals surface area contributed by atoms with Gasteiger partial charge in [-0.2, -0.15) is 5.26 Å². The van der Waals surface area contributed by atoms with Crippen molar-refractivity contribution >= 4 is 46.1 Å². The fourth-order valence-electron chi connectivity index (χ4n) is 3.39. The molecule has 0 aliphatic carbocycles. The average Bonchev–Trinajstić information content (AvgIpc) is 3.06. The summed E-state index contributed by atoms with van der Waals surface area (Å²) in [6.07, 6.45) is 1.42. The molecule has 0 aliphatic heterocycles. The number of hydrogen-bond donors (Lipinski definition) is 3. The Morgan fingerprint density at radius 1 is 1.33 bits per heavy atom. The molecule has 33 heavy (non-hydrogen) atoms. The summed E-state index contributed by atoms with van der Waals surface area (Å²) < 4.78 is 15.3. The quantitative estimate of drug-likeness (QED) is 0.391. The van der Waals surface area contributed by atoms with Gasteiger partial charge in [0.05, 0.1) is 22.5 Å². The lowest BCUT2D eigenvalue weighted by Crippen LogP contribution is -2.39. The maximum Gasteiger partial charge on any atom is 0.323 e. The molecule has 0 radical (unpaired) electrons. The smallest absolute Gasteiger partial charge is 0.323 e. The van der Waals surface area contributed by atoms with E-state index in [0.717, 1.165) is 0 Å². The summed E-state index contributed by atoms with van der Waals surface area (Å²) in [5, 5.41) is 24.9. The Hall–Kier alpha value is -3.26. The number of nitriles is 1. The molecule has 1 atom stereocenters. The fraction of sp³-hybridized carbons (Fsp3) is 0.286. The summed E-state index contributed by atoms with van der Waals surface area (Å²) in [5.74, 6) is -2.07. The van der Waals surface area contributed by atoms with Crippen molar-refractivity contribution in [1.82, 2.24) is 25.2 Å². The van der Waals surface area contributed by atoms with Crippen molar-refractivity contribution in [1.29, 1.82) is 5.26 Å². The number of halogens is 3. The maximum atomic E-state index is 13.9. The number of carboxylic acid groups (broad SMARTS) is 1. The Kier molecular flexibility index (Phi) is 7.81. The van der Waals surface area contributed by atoms with Gasteiger partial charge in [0.15, 0.2) is 0 Å². The second kappa shape index (κ2) is 10.6. The first kappa shape index (κ1) is 24.4. The minimum Gasteiger partial charge on any atom is -0.480 e. The van der Waals surface area contributed by atoms with Crippen LogP contribution in [0.2, 0.25) is 10.2 Å². The molecular weight excluding hydrogens is 474 g/mol. The molecule has 0 fully saturated rings. The molecule has 0 saturated heterocycles. The lowest BCUT2D eigenvalue weighted by molar-refractivity contribution is -0.137. The van der Waals surface area contributed by atoms with Crippen molar-refractivity contribution < 1.29 is 19.1 Å². The third-order valence-corrected chi connectivity index (χ3v) is 5.50. The Bertz CT molecular complexity index is 1260. The third-order valence-electron chi connectivity index (χ3n) is 4.92. The van der Waals surface area contributed by atoms with Crippen LogP contribution in [0.4, 0.5) is 4.39 Å². The van der Waals surface area contributed by atoms with E-state index >= 15 is 0 Å². The fourth-order valence-corrected chi connectivity index (χ4v) is 3.81. The van der Waals surface area contributed by atoms with Crippen molar-refractivity contribution in [3.05, 3.63) is 57.3 Å². The van der Waals surface area contributed by atoms with E-state index in [4.69, 9.17) is 23.2 Å². The molecule has 3 N–H and O–H groups in total. The monoisotopic (exact) mass is 492 g/mol. The van der Waals surface area contributed by atoms with Gasteiger partial charge in [0.2, 0.25) is 5.91 Å². The topological polar surface area (TPSA) is 133 Å². The SMILES string of the molecule is CC(Cc1c(C#N)c2c(Cl)ncnc2n1CC(=O)O)NCC(=O)NCc1cccc(Cl)c1F. The van der Waals surface area contributed by atoms with Crippen LogP contribution in [0.25, 0.3) is 11.0 Å². The van der Waals surface area contributed by atoms with Crippen LogP contribution in [0.1, 0.15) is 23.7 Å². The van der Waals surface area contributed by atoms with Crippen LogP contribution in [-0.4, -0.2) is 44.1 Å². The first-order valence-corrected chi connectivity index (χ1v) is 10.5. The van der Waals surface area contributed by atoms with E-state index in [1.807, 2.05) is 0 Å². The molecule has 3 aromatic rings. The predicted molar refractivity (Wildman–Crippen MR) is 119 cm³/mol. The second-order valence-electron chi connectivity index (χ2n) is 7.25. The predicted octanol–water partition coefficient (Wildman–Crippen LogP) is 2.67. The zero-order chi connectivity index (χ0) is 24.1. The zero-order valence-corrected chi connectivity index (χ0v) is 18.9. The second-order valence-corrected chi connectivity index (χ2v) is 8.02. The Balaban J connectivity index is 1.70. The van der Waals surface area contributed by atoms with Gasteiger partial charge in [0, 0.05) is 30.3 Å². The summed E-state index contributed by atoms with van der Waals surface area (Å²) in [5.41, 5.74) is 1.11. The van der Waals surface area contributed by atoms with E-state index in [1.165, 1.54) is 23.0 Å². The average molecular weight is 493 g/mol. The highest BCUT2D eigenvalue weighted by Gasteiger charge is 2.23. The van der Waals surface area contributed by atoms with E-state index < -0.39 is 18.3 Å². The lowest BCUT2D eigenvalue weighted by atomic mass is 10.1. The molecular formula is C21H19Cl2FN6O3. The molecule has 2 aromatic heterocycles. The number of aliphatic carboxylic acids is 1. The van der Waals surface area contributed by atoms with Crippen LogP contribution in [0.15, 0.2) is 24.5 Å². The van der Waals surface area contributed by atoms with Gasteiger partial charge in [-0.1, -0.05) is 35.3 Å². The number of fused-ring (bicyclic) bond motifs is 1. The number of nitrogens with one attached hydrogen (secondary N) is 2. The first-order valence-electron chi connectivity index (χ1n) is 9.79. The highest BCUT2D eigenvalue weighted by Crippen LogP contribution is 2.29. The summed E-state index contributed by atoms with van der Waals surface area (Å²) >= 11 is 11.9. The maximum absolute atomic E-state index is 13.9. The molecule has 0 spiro atoms. The van der Waals surface area contributed by atoms with Crippen LogP contribution in [0, 0.1) is 17.1 Å². The summed E-state index contributed by atoms with van der Waals surface area (Å²) in [7, 11) is 0. The molecule has 0 saturated carbocycles. The van der Waals surface area contributed by atoms with E-state index in [9.17, 15) is 24.3 Å². The summed E-state index contributed by atoms with van der Waals surface area (Å²) in [6.45, 7) is 1.26. The largest absolute Gasteiger partial charge is 0.480 e. The van der Waals surface area contributed by atoms with Crippen molar-refractivity contribution in [2.45, 2.75) is 32.5 Å². The molecule has 2 heterocycles. The van der Waals surface area contributed by atoms with Crippen molar-refractivity contribution in [2.75, 3.05) is 6.54 Å². The molecule has 12 heteroatoms. The van der Waals surface area contributed by atoms with Gasteiger partial charge in [-0.15, -0.1) is 0 Å². The van der Waals surface area contributed by atoms with Crippen LogP contribution >= 0.6 is 23.2 Å². The number of carbonyl (C=O) groups is 2. The molecule has 9 nitrogen and oxygen atoms in total. The Morgan fingerprint density at radius 3 is 2.79 bits per heavy atom. The minimum absolute atomic E-state index is 0.0239. The first-order chi connectivity index (χ1) is 15.7. The van der Waals surface area contributed by atoms with Crippen molar-refractivity contribution in [2.24, 2.45) is 0 Å².